The van der Waals surface area contributed by atoms with Gasteiger partial charge in [-0.1, -0.05) is 19.9 Å². The van der Waals surface area contributed by atoms with Crippen molar-refractivity contribution in [2.75, 3.05) is 33.9 Å². The van der Waals surface area contributed by atoms with Gasteiger partial charge in [-0.2, -0.15) is 0 Å². The van der Waals surface area contributed by atoms with Gasteiger partial charge in [-0.15, -0.1) is 24.0 Å². The van der Waals surface area contributed by atoms with Crippen molar-refractivity contribution < 1.29 is 14.3 Å². The summed E-state index contributed by atoms with van der Waals surface area (Å²) < 4.78 is 10.5. The average molecular weight is 478 g/mol. The fourth-order valence-corrected chi connectivity index (χ4v) is 2.12. The van der Waals surface area contributed by atoms with Gasteiger partial charge >= 0.3 is 0 Å². The molecule has 148 valence electrons. The van der Waals surface area contributed by atoms with Crippen LogP contribution in [0.15, 0.2) is 23.2 Å². The predicted molar refractivity (Wildman–Crippen MR) is 116 cm³/mol. The van der Waals surface area contributed by atoms with Gasteiger partial charge in [0.15, 0.2) is 17.5 Å². The van der Waals surface area contributed by atoms with E-state index in [1.54, 1.807) is 14.2 Å². The highest BCUT2D eigenvalue weighted by atomic mass is 127. The van der Waals surface area contributed by atoms with Crippen molar-refractivity contribution in [1.82, 2.24) is 10.6 Å². The number of hydrogen-bond acceptors (Lipinski definition) is 4. The van der Waals surface area contributed by atoms with Crippen molar-refractivity contribution in [3.63, 3.8) is 0 Å². The summed E-state index contributed by atoms with van der Waals surface area (Å²) in [6.07, 6.45) is 1.55. The molecule has 0 aromatic heterocycles. The van der Waals surface area contributed by atoms with E-state index in [0.29, 0.717) is 37.1 Å². The SMILES string of the molecule is COc1ccc(CCNC(N)=NCCCNC(=O)C(C)C)cc1OC.I. The third kappa shape index (κ3) is 9.12. The summed E-state index contributed by atoms with van der Waals surface area (Å²) in [5.74, 6) is 1.91. The van der Waals surface area contributed by atoms with Gasteiger partial charge in [-0.3, -0.25) is 9.79 Å². The summed E-state index contributed by atoms with van der Waals surface area (Å²) in [7, 11) is 3.23. The Labute approximate surface area is 173 Å². The summed E-state index contributed by atoms with van der Waals surface area (Å²) in [5.41, 5.74) is 6.96. The van der Waals surface area contributed by atoms with E-state index in [-0.39, 0.29) is 35.8 Å². The highest BCUT2D eigenvalue weighted by molar-refractivity contribution is 14.0. The number of rotatable bonds is 10. The maximum absolute atomic E-state index is 11.4. The summed E-state index contributed by atoms with van der Waals surface area (Å²) in [4.78, 5) is 15.6. The van der Waals surface area contributed by atoms with Crippen LogP contribution in [0.1, 0.15) is 25.8 Å². The van der Waals surface area contributed by atoms with Crippen molar-refractivity contribution in [3.05, 3.63) is 23.8 Å². The number of ether oxygens (including phenoxy) is 2. The minimum atomic E-state index is 0. The zero-order valence-electron chi connectivity index (χ0n) is 16.0. The highest BCUT2D eigenvalue weighted by Crippen LogP contribution is 2.27. The van der Waals surface area contributed by atoms with Crippen LogP contribution in [0.4, 0.5) is 0 Å². The molecular weight excluding hydrogens is 447 g/mol. The van der Waals surface area contributed by atoms with Gasteiger partial charge in [0.25, 0.3) is 0 Å². The molecular formula is C18H31IN4O3. The number of benzene rings is 1. The number of aliphatic imine (C=N–C) groups is 1. The third-order valence-electron chi connectivity index (χ3n) is 3.61. The normalized spacial score (nSPS) is 10.9. The molecule has 0 radical (unpaired) electrons. The molecule has 0 heterocycles. The van der Waals surface area contributed by atoms with Gasteiger partial charge in [-0.25, -0.2) is 0 Å². The van der Waals surface area contributed by atoms with E-state index in [4.69, 9.17) is 15.2 Å². The number of nitrogens with one attached hydrogen (secondary N) is 2. The number of carbonyl (C=O) groups is 1. The molecule has 26 heavy (non-hydrogen) atoms. The van der Waals surface area contributed by atoms with E-state index in [1.165, 1.54) is 0 Å². The van der Waals surface area contributed by atoms with Crippen LogP contribution >= 0.6 is 24.0 Å². The van der Waals surface area contributed by atoms with Crippen LogP contribution in [0.2, 0.25) is 0 Å². The second kappa shape index (κ2) is 13.5. The molecule has 0 bridgehead atoms. The number of carbonyl (C=O) groups excluding carboxylic acids is 1. The van der Waals surface area contributed by atoms with Crippen molar-refractivity contribution in [2.24, 2.45) is 16.6 Å². The van der Waals surface area contributed by atoms with Gasteiger partial charge < -0.3 is 25.8 Å². The standard InChI is InChI=1S/C18H30N4O3.HI/c1-13(2)17(23)20-9-5-10-21-18(19)22-11-8-14-6-7-15(24-3)16(12-14)25-4;/h6-7,12-13H,5,8-11H2,1-4H3,(H,20,23)(H3,19,21,22);1H. The number of nitrogens with two attached hydrogens (primary N) is 1. The quantitative estimate of drug-likeness (QED) is 0.207. The molecule has 4 N–H and O–H groups in total. The lowest BCUT2D eigenvalue weighted by Crippen LogP contribution is -2.33. The Kier molecular flexibility index (Phi) is 12.6. The molecule has 0 saturated heterocycles. The Morgan fingerprint density at radius 1 is 1.15 bits per heavy atom. The fourth-order valence-electron chi connectivity index (χ4n) is 2.12. The zero-order valence-corrected chi connectivity index (χ0v) is 18.3. The van der Waals surface area contributed by atoms with Crippen LogP contribution in [0, 0.1) is 5.92 Å². The van der Waals surface area contributed by atoms with Gasteiger partial charge in [0.2, 0.25) is 5.91 Å². The first-order chi connectivity index (χ1) is 12.0. The van der Waals surface area contributed by atoms with Crippen molar-refractivity contribution in [2.45, 2.75) is 26.7 Å². The van der Waals surface area contributed by atoms with E-state index in [2.05, 4.69) is 15.6 Å². The number of nitrogens with zero attached hydrogens (tertiary/aromatic N) is 1. The minimum Gasteiger partial charge on any atom is -0.493 e. The van der Waals surface area contributed by atoms with Gasteiger partial charge in [0.05, 0.1) is 14.2 Å². The first-order valence-corrected chi connectivity index (χ1v) is 8.50. The number of methoxy groups -OCH3 is 2. The highest BCUT2D eigenvalue weighted by Gasteiger charge is 2.05. The number of halogens is 1. The van der Waals surface area contributed by atoms with Crippen molar-refractivity contribution in [1.29, 1.82) is 0 Å². The Balaban J connectivity index is 0.00000625. The number of amides is 1. The maximum Gasteiger partial charge on any atom is 0.222 e. The molecule has 0 aliphatic carbocycles. The van der Waals surface area contributed by atoms with Crippen molar-refractivity contribution >= 4 is 35.8 Å². The van der Waals surface area contributed by atoms with E-state index in [0.717, 1.165) is 18.4 Å². The minimum absolute atomic E-state index is 0. The Bertz CT molecular complexity index is 580. The summed E-state index contributed by atoms with van der Waals surface area (Å²) in [5, 5.41) is 5.93. The molecule has 7 nitrogen and oxygen atoms in total. The molecule has 0 spiro atoms. The zero-order chi connectivity index (χ0) is 18.7. The van der Waals surface area contributed by atoms with Crippen molar-refractivity contribution in [3.8, 4) is 11.5 Å². The van der Waals surface area contributed by atoms with Crippen LogP contribution in [-0.2, 0) is 11.2 Å². The van der Waals surface area contributed by atoms with Crippen LogP contribution in [0.3, 0.4) is 0 Å². The Morgan fingerprint density at radius 2 is 1.85 bits per heavy atom. The first kappa shape index (κ1) is 24.3. The predicted octanol–water partition coefficient (Wildman–Crippen LogP) is 1.93. The van der Waals surface area contributed by atoms with Crippen LogP contribution in [0.5, 0.6) is 11.5 Å². The van der Waals surface area contributed by atoms with E-state index in [1.807, 2.05) is 32.0 Å². The molecule has 1 rings (SSSR count). The molecule has 0 saturated carbocycles. The maximum atomic E-state index is 11.4. The van der Waals surface area contributed by atoms with Gasteiger partial charge in [0.1, 0.15) is 0 Å². The Hall–Kier alpha value is -1.71. The topological polar surface area (TPSA) is 98.0 Å². The lowest BCUT2D eigenvalue weighted by atomic mass is 10.1. The molecule has 1 amide bonds. The smallest absolute Gasteiger partial charge is 0.222 e. The molecule has 0 aliphatic heterocycles. The lowest BCUT2D eigenvalue weighted by molar-refractivity contribution is -0.123. The second-order valence-electron chi connectivity index (χ2n) is 5.93. The molecule has 0 atom stereocenters. The van der Waals surface area contributed by atoms with E-state index >= 15 is 0 Å². The Morgan fingerprint density at radius 3 is 2.46 bits per heavy atom. The van der Waals surface area contributed by atoms with Gasteiger partial charge in [-0.05, 0) is 30.5 Å². The summed E-state index contributed by atoms with van der Waals surface area (Å²) >= 11 is 0. The van der Waals surface area contributed by atoms with E-state index < -0.39 is 0 Å². The number of guanidine groups is 1. The summed E-state index contributed by atoms with van der Waals surface area (Å²) in [6.45, 7) is 5.60. The molecule has 0 unspecified atom stereocenters. The van der Waals surface area contributed by atoms with Crippen LogP contribution < -0.4 is 25.8 Å². The number of hydrogen-bond donors (Lipinski definition) is 3. The van der Waals surface area contributed by atoms with Gasteiger partial charge in [0, 0.05) is 25.6 Å². The lowest BCUT2D eigenvalue weighted by Gasteiger charge is -2.10. The molecule has 0 fully saturated rings. The molecule has 1 aromatic rings. The second-order valence-corrected chi connectivity index (χ2v) is 5.93. The van der Waals surface area contributed by atoms with Crippen LogP contribution in [-0.4, -0.2) is 45.7 Å². The fraction of sp³-hybridized carbons (Fsp3) is 0.556. The monoisotopic (exact) mass is 478 g/mol. The average Bonchev–Trinajstić information content (AvgIpc) is 2.60. The third-order valence-corrected chi connectivity index (χ3v) is 3.61. The largest absolute Gasteiger partial charge is 0.493 e. The van der Waals surface area contributed by atoms with E-state index in [9.17, 15) is 4.79 Å². The summed E-state index contributed by atoms with van der Waals surface area (Å²) in [6, 6.07) is 5.83. The first-order valence-electron chi connectivity index (χ1n) is 8.50. The molecule has 0 aliphatic rings. The molecule has 8 heteroatoms. The molecule has 1 aromatic carbocycles. The van der Waals surface area contributed by atoms with Crippen LogP contribution in [0.25, 0.3) is 0 Å².